The van der Waals surface area contributed by atoms with Crippen LogP contribution in [0.2, 0.25) is 0 Å². The SMILES string of the molecule is CCCNc1ccnc(C(=O)N2CCc3cc(OC)c(OC)cc3C2)c1. The molecule has 1 aliphatic rings. The number of fused-ring (bicyclic) bond motifs is 1. The molecule has 1 aromatic heterocycles. The molecule has 0 saturated carbocycles. The van der Waals surface area contributed by atoms with Gasteiger partial charge in [0.2, 0.25) is 0 Å². The summed E-state index contributed by atoms with van der Waals surface area (Å²) in [5, 5.41) is 3.29. The Balaban J connectivity index is 1.79. The lowest BCUT2D eigenvalue weighted by Crippen LogP contribution is -2.36. The molecule has 0 atom stereocenters. The van der Waals surface area contributed by atoms with Crippen LogP contribution in [0.5, 0.6) is 11.5 Å². The van der Waals surface area contributed by atoms with Crippen molar-refractivity contribution >= 4 is 11.6 Å². The van der Waals surface area contributed by atoms with Gasteiger partial charge >= 0.3 is 0 Å². The Morgan fingerprint density at radius 2 is 1.92 bits per heavy atom. The molecule has 0 fully saturated rings. The number of methoxy groups -OCH3 is 2. The number of nitrogens with one attached hydrogen (secondary N) is 1. The molecule has 0 unspecified atom stereocenters. The van der Waals surface area contributed by atoms with Gasteiger partial charge in [-0.1, -0.05) is 6.92 Å². The Bertz CT molecular complexity index is 792. The van der Waals surface area contributed by atoms with E-state index < -0.39 is 0 Å². The van der Waals surface area contributed by atoms with Gasteiger partial charge in [0.25, 0.3) is 5.91 Å². The van der Waals surface area contributed by atoms with E-state index in [4.69, 9.17) is 9.47 Å². The van der Waals surface area contributed by atoms with Crippen LogP contribution in [0.3, 0.4) is 0 Å². The average molecular weight is 355 g/mol. The number of hydrogen-bond donors (Lipinski definition) is 1. The molecule has 0 bridgehead atoms. The summed E-state index contributed by atoms with van der Waals surface area (Å²) in [5.74, 6) is 1.36. The second-order valence-corrected chi connectivity index (χ2v) is 6.31. The van der Waals surface area contributed by atoms with Crippen LogP contribution in [-0.4, -0.2) is 43.1 Å². The summed E-state index contributed by atoms with van der Waals surface area (Å²) in [5.41, 5.74) is 3.67. The Hall–Kier alpha value is -2.76. The van der Waals surface area contributed by atoms with Gasteiger partial charge in [0.15, 0.2) is 11.5 Å². The van der Waals surface area contributed by atoms with Gasteiger partial charge in [0.05, 0.1) is 14.2 Å². The van der Waals surface area contributed by atoms with E-state index in [0.717, 1.165) is 36.4 Å². The van der Waals surface area contributed by atoms with Crippen LogP contribution in [-0.2, 0) is 13.0 Å². The van der Waals surface area contributed by atoms with Crippen molar-refractivity contribution in [3.05, 3.63) is 47.3 Å². The predicted octanol–water partition coefficient (Wildman–Crippen LogP) is 3.12. The van der Waals surface area contributed by atoms with E-state index in [-0.39, 0.29) is 5.91 Å². The third kappa shape index (κ3) is 3.74. The maximum Gasteiger partial charge on any atom is 0.272 e. The number of benzene rings is 1. The van der Waals surface area contributed by atoms with Crippen LogP contribution in [0.4, 0.5) is 5.69 Å². The highest BCUT2D eigenvalue weighted by atomic mass is 16.5. The molecule has 6 nitrogen and oxygen atoms in total. The first-order chi connectivity index (χ1) is 12.7. The zero-order valence-electron chi connectivity index (χ0n) is 15.5. The highest BCUT2D eigenvalue weighted by Crippen LogP contribution is 2.33. The van der Waals surface area contributed by atoms with E-state index >= 15 is 0 Å². The van der Waals surface area contributed by atoms with Crippen molar-refractivity contribution in [3.63, 3.8) is 0 Å². The van der Waals surface area contributed by atoms with E-state index in [1.165, 1.54) is 5.56 Å². The number of hydrogen-bond acceptors (Lipinski definition) is 5. The molecule has 1 N–H and O–H groups in total. The number of carbonyl (C=O) groups is 1. The maximum atomic E-state index is 12.9. The minimum atomic E-state index is -0.0504. The molecule has 0 spiro atoms. The van der Waals surface area contributed by atoms with Gasteiger partial charge in [-0.2, -0.15) is 0 Å². The lowest BCUT2D eigenvalue weighted by molar-refractivity contribution is 0.0728. The van der Waals surface area contributed by atoms with E-state index in [1.807, 2.05) is 29.2 Å². The van der Waals surface area contributed by atoms with Gasteiger partial charge in [-0.3, -0.25) is 9.78 Å². The van der Waals surface area contributed by atoms with Crippen LogP contribution in [0.15, 0.2) is 30.5 Å². The number of carbonyl (C=O) groups excluding carboxylic acids is 1. The normalized spacial score (nSPS) is 13.1. The van der Waals surface area contributed by atoms with E-state index in [0.29, 0.717) is 24.5 Å². The predicted molar refractivity (Wildman–Crippen MR) is 101 cm³/mol. The summed E-state index contributed by atoms with van der Waals surface area (Å²) >= 11 is 0. The van der Waals surface area contributed by atoms with Gasteiger partial charge in [0, 0.05) is 31.5 Å². The smallest absolute Gasteiger partial charge is 0.272 e. The highest BCUT2D eigenvalue weighted by molar-refractivity contribution is 5.93. The fourth-order valence-corrected chi connectivity index (χ4v) is 3.15. The Morgan fingerprint density at radius 3 is 2.62 bits per heavy atom. The first kappa shape index (κ1) is 18.0. The molecular weight excluding hydrogens is 330 g/mol. The minimum absolute atomic E-state index is 0.0504. The monoisotopic (exact) mass is 355 g/mol. The molecule has 1 amide bonds. The number of ether oxygens (including phenoxy) is 2. The summed E-state index contributed by atoms with van der Waals surface area (Å²) in [6, 6.07) is 7.67. The lowest BCUT2D eigenvalue weighted by atomic mass is 9.98. The summed E-state index contributed by atoms with van der Waals surface area (Å²) < 4.78 is 10.8. The first-order valence-electron chi connectivity index (χ1n) is 8.89. The fraction of sp³-hybridized carbons (Fsp3) is 0.400. The molecule has 6 heteroatoms. The molecule has 0 radical (unpaired) electrons. The van der Waals surface area contributed by atoms with Gasteiger partial charge in [-0.25, -0.2) is 0 Å². The number of aromatic nitrogens is 1. The topological polar surface area (TPSA) is 63.7 Å². The first-order valence-corrected chi connectivity index (χ1v) is 8.89. The van der Waals surface area contributed by atoms with Crippen LogP contribution in [0.25, 0.3) is 0 Å². The molecule has 1 aromatic carbocycles. The van der Waals surface area contributed by atoms with E-state index in [9.17, 15) is 4.79 Å². The fourth-order valence-electron chi connectivity index (χ4n) is 3.15. The van der Waals surface area contributed by atoms with Crippen molar-refractivity contribution in [2.24, 2.45) is 0 Å². The molecule has 26 heavy (non-hydrogen) atoms. The lowest BCUT2D eigenvalue weighted by Gasteiger charge is -2.29. The summed E-state index contributed by atoms with van der Waals surface area (Å²) in [6.45, 7) is 4.18. The van der Waals surface area contributed by atoms with Crippen molar-refractivity contribution in [3.8, 4) is 11.5 Å². The Morgan fingerprint density at radius 1 is 1.19 bits per heavy atom. The standard InChI is InChI=1S/C20H25N3O3/c1-4-7-21-16-5-8-22-17(12-16)20(24)23-9-6-14-10-18(25-2)19(26-3)11-15(14)13-23/h5,8,10-12H,4,6-7,9,13H2,1-3H3,(H,21,22). The van der Waals surface area contributed by atoms with Crippen LogP contribution >= 0.6 is 0 Å². The van der Waals surface area contributed by atoms with Crippen molar-refractivity contribution in [2.45, 2.75) is 26.3 Å². The molecule has 2 heterocycles. The minimum Gasteiger partial charge on any atom is -0.493 e. The highest BCUT2D eigenvalue weighted by Gasteiger charge is 2.24. The van der Waals surface area contributed by atoms with Crippen LogP contribution in [0.1, 0.15) is 35.0 Å². The third-order valence-corrected chi connectivity index (χ3v) is 4.56. The van der Waals surface area contributed by atoms with Crippen molar-refractivity contribution in [1.29, 1.82) is 0 Å². The zero-order valence-corrected chi connectivity index (χ0v) is 15.5. The average Bonchev–Trinajstić information content (AvgIpc) is 2.70. The molecule has 2 aromatic rings. The van der Waals surface area contributed by atoms with Crippen molar-refractivity contribution in [2.75, 3.05) is 32.6 Å². The summed E-state index contributed by atoms with van der Waals surface area (Å²) in [4.78, 5) is 19.0. The zero-order chi connectivity index (χ0) is 18.5. The van der Waals surface area contributed by atoms with E-state index in [2.05, 4.69) is 17.2 Å². The largest absolute Gasteiger partial charge is 0.493 e. The van der Waals surface area contributed by atoms with Gasteiger partial charge in [-0.15, -0.1) is 0 Å². The number of nitrogens with zero attached hydrogens (tertiary/aromatic N) is 2. The van der Waals surface area contributed by atoms with Gasteiger partial charge < -0.3 is 19.7 Å². The molecular formula is C20H25N3O3. The molecule has 1 aliphatic heterocycles. The van der Waals surface area contributed by atoms with Crippen molar-refractivity contribution in [1.82, 2.24) is 9.88 Å². The molecule has 0 aliphatic carbocycles. The number of anilines is 1. The Labute approximate surface area is 154 Å². The van der Waals surface area contributed by atoms with Crippen molar-refractivity contribution < 1.29 is 14.3 Å². The quantitative estimate of drug-likeness (QED) is 0.862. The summed E-state index contributed by atoms with van der Waals surface area (Å²) in [6.07, 6.45) is 3.49. The molecule has 138 valence electrons. The van der Waals surface area contributed by atoms with E-state index in [1.54, 1.807) is 20.4 Å². The molecule has 0 saturated heterocycles. The number of amides is 1. The van der Waals surface area contributed by atoms with Crippen LogP contribution < -0.4 is 14.8 Å². The number of rotatable bonds is 6. The molecule has 3 rings (SSSR count). The Kier molecular flexibility index (Phi) is 5.61. The van der Waals surface area contributed by atoms with Gasteiger partial charge in [-0.05, 0) is 48.2 Å². The number of pyridine rings is 1. The third-order valence-electron chi connectivity index (χ3n) is 4.56. The second-order valence-electron chi connectivity index (χ2n) is 6.31. The van der Waals surface area contributed by atoms with Gasteiger partial charge in [0.1, 0.15) is 5.69 Å². The maximum absolute atomic E-state index is 12.9. The summed E-state index contributed by atoms with van der Waals surface area (Å²) in [7, 11) is 3.25. The second kappa shape index (κ2) is 8.08. The van der Waals surface area contributed by atoms with Crippen LogP contribution in [0, 0.1) is 0 Å².